The lowest BCUT2D eigenvalue weighted by molar-refractivity contribution is -0.313. The Kier molecular flexibility index (Phi) is 10.5. The van der Waals surface area contributed by atoms with E-state index in [0.29, 0.717) is 42.7 Å². The largest absolute Gasteiger partial charge is 0.462 e. The number of carbonyl (C=O) groups is 1. The van der Waals surface area contributed by atoms with Crippen molar-refractivity contribution in [2.75, 3.05) is 13.7 Å². The highest BCUT2D eigenvalue weighted by molar-refractivity contribution is 5.88. The molecule has 10 atom stereocenters. The Labute approximate surface area is 274 Å². The lowest BCUT2D eigenvalue weighted by atomic mass is 9.71. The van der Waals surface area contributed by atoms with Gasteiger partial charge in [-0.3, -0.25) is 4.79 Å². The van der Waals surface area contributed by atoms with Crippen LogP contribution in [-0.2, 0) is 28.6 Å². The fourth-order valence-electron chi connectivity index (χ4n) is 7.94. The van der Waals surface area contributed by atoms with Crippen molar-refractivity contribution < 1.29 is 38.8 Å². The van der Waals surface area contributed by atoms with Gasteiger partial charge in [0.1, 0.15) is 36.9 Å². The highest BCUT2D eigenvalue weighted by Crippen LogP contribution is 2.47. The van der Waals surface area contributed by atoms with Crippen LogP contribution in [0.25, 0.3) is 0 Å². The van der Waals surface area contributed by atoms with Gasteiger partial charge in [0.05, 0.1) is 24.5 Å². The summed E-state index contributed by atoms with van der Waals surface area (Å²) in [5.41, 5.74) is 2.54. The molecule has 0 aromatic carbocycles. The van der Waals surface area contributed by atoms with Crippen molar-refractivity contribution in [1.29, 1.82) is 0 Å². The molecule has 5 aliphatic rings. The van der Waals surface area contributed by atoms with Crippen LogP contribution in [0.2, 0.25) is 0 Å². The summed E-state index contributed by atoms with van der Waals surface area (Å²) in [5.74, 6) is -2.15. The minimum Gasteiger partial charge on any atom is -0.462 e. The number of allylic oxidation sites excluding steroid dienone is 5. The highest BCUT2D eigenvalue weighted by atomic mass is 16.7. The van der Waals surface area contributed by atoms with Gasteiger partial charge in [0.15, 0.2) is 5.79 Å². The second-order valence-corrected chi connectivity index (χ2v) is 14.5. The van der Waals surface area contributed by atoms with Crippen LogP contribution in [0.5, 0.6) is 0 Å². The molecule has 9 nitrogen and oxygen atoms in total. The fraction of sp³-hybridized carbons (Fsp3) is 0.676. The number of aliphatic hydroxyl groups is 2. The topological polar surface area (TPSA) is 116 Å². The zero-order valence-electron chi connectivity index (χ0n) is 28.7. The maximum atomic E-state index is 14.2. The third-order valence-corrected chi connectivity index (χ3v) is 10.1. The zero-order valence-corrected chi connectivity index (χ0v) is 28.7. The summed E-state index contributed by atoms with van der Waals surface area (Å²) in [7, 11) is 1.55. The average Bonchev–Trinajstić information content (AvgIpc) is 3.31. The number of ether oxygens (including phenoxy) is 4. The summed E-state index contributed by atoms with van der Waals surface area (Å²) >= 11 is 0. The normalized spacial score (nSPS) is 42.7. The first kappa shape index (κ1) is 34.8. The minimum atomic E-state index is -1.74. The molecular weight excluding hydrogens is 586 g/mol. The fourth-order valence-corrected chi connectivity index (χ4v) is 7.94. The number of oxime groups is 1. The molecule has 3 saturated heterocycles. The second-order valence-electron chi connectivity index (χ2n) is 14.5. The van der Waals surface area contributed by atoms with Crippen molar-refractivity contribution in [2.24, 2.45) is 28.8 Å². The van der Waals surface area contributed by atoms with E-state index >= 15 is 0 Å². The Hall–Kier alpha value is -2.56. The zero-order chi connectivity index (χ0) is 33.4. The second kappa shape index (κ2) is 13.9. The van der Waals surface area contributed by atoms with Gasteiger partial charge < -0.3 is 34.0 Å². The van der Waals surface area contributed by atoms with E-state index in [1.165, 1.54) is 5.57 Å². The summed E-state index contributed by atoms with van der Waals surface area (Å²) in [6.45, 7) is 14.6. The molecule has 4 heterocycles. The molecule has 2 bridgehead atoms. The maximum Gasteiger partial charge on any atom is 0.316 e. The molecule has 0 aromatic rings. The van der Waals surface area contributed by atoms with Crippen molar-refractivity contribution in [3.8, 4) is 0 Å². The Morgan fingerprint density at radius 3 is 2.67 bits per heavy atom. The summed E-state index contributed by atoms with van der Waals surface area (Å²) in [5, 5.41) is 27.6. The lowest BCUT2D eigenvalue weighted by Gasteiger charge is -2.50. The molecule has 46 heavy (non-hydrogen) atoms. The molecule has 0 radical (unpaired) electrons. The van der Waals surface area contributed by atoms with Gasteiger partial charge in [0.25, 0.3) is 0 Å². The maximum absolute atomic E-state index is 14.2. The Bertz CT molecular complexity index is 1340. The van der Waals surface area contributed by atoms with E-state index in [4.69, 9.17) is 23.8 Å². The Balaban J connectivity index is 1.55. The predicted octanol–water partition coefficient (Wildman–Crippen LogP) is 5.73. The SMILES string of the molecule is CO/N=C1\C[C@]2(C[C@@H]3C[C@@H](C/C=C(\C)C[C@@H](C)C=CC=C4CO[C@@H]5[C@H](O)C(C)=C[C@@H](C(=O)O3)[C@]45O)O2)OC(/C(C)=C/C(C)C)[C@H]1C. The van der Waals surface area contributed by atoms with Gasteiger partial charge in [-0.05, 0) is 62.2 Å². The third kappa shape index (κ3) is 6.99. The van der Waals surface area contributed by atoms with E-state index in [2.05, 4.69) is 64.9 Å². The van der Waals surface area contributed by atoms with E-state index in [-0.39, 0.29) is 30.7 Å². The van der Waals surface area contributed by atoms with Gasteiger partial charge >= 0.3 is 5.97 Å². The highest BCUT2D eigenvalue weighted by Gasteiger charge is 2.60. The number of nitrogens with zero attached hydrogens (tertiary/aromatic N) is 1. The average molecular weight is 640 g/mol. The monoisotopic (exact) mass is 639 g/mol. The van der Waals surface area contributed by atoms with Crippen LogP contribution in [-0.4, -0.2) is 77.5 Å². The number of fused-ring (bicyclic) bond motifs is 2. The standard InChI is InChI=1S/C37H53NO8/c1-21(2)14-25(6)33-26(7)31(38-42-8)19-36(46-33)18-29-17-28(45-36)13-12-23(4)15-22(3)10-9-11-27-20-43-34-32(39)24(5)16-30(35(40)44-29)37(27,34)41/h9-12,14,16,21-22,26,28-30,32-34,39,41H,13,15,17-20H2,1-8H3/b10-9?,23-12+,25-14+,27-11?,38-31+/t22-,26-,28+,29-,30-,32+,33?,34+,36-,37+/m0/s1. The minimum absolute atomic E-state index is 0.0340. The summed E-state index contributed by atoms with van der Waals surface area (Å²) in [6, 6.07) is 0. The number of rotatable bonds is 3. The molecule has 4 aliphatic heterocycles. The van der Waals surface area contributed by atoms with Gasteiger partial charge in [0, 0.05) is 25.2 Å². The van der Waals surface area contributed by atoms with E-state index in [1.807, 2.05) is 12.2 Å². The summed E-state index contributed by atoms with van der Waals surface area (Å²) in [4.78, 5) is 19.4. The van der Waals surface area contributed by atoms with Gasteiger partial charge in [-0.1, -0.05) is 74.9 Å². The van der Waals surface area contributed by atoms with Gasteiger partial charge in [0.2, 0.25) is 0 Å². The number of hydrogen-bond acceptors (Lipinski definition) is 9. The summed E-state index contributed by atoms with van der Waals surface area (Å²) in [6.07, 6.45) is 11.4. The predicted molar refractivity (Wildman–Crippen MR) is 176 cm³/mol. The van der Waals surface area contributed by atoms with Crippen molar-refractivity contribution in [2.45, 2.75) is 122 Å². The molecule has 1 unspecified atom stereocenters. The first-order chi connectivity index (χ1) is 21.8. The molecule has 1 aliphatic carbocycles. The van der Waals surface area contributed by atoms with E-state index < -0.39 is 41.6 Å². The van der Waals surface area contributed by atoms with Gasteiger partial charge in [-0.15, -0.1) is 0 Å². The molecule has 1 spiro atoms. The molecule has 3 fully saturated rings. The Morgan fingerprint density at radius 1 is 1.20 bits per heavy atom. The lowest BCUT2D eigenvalue weighted by Crippen LogP contribution is -2.59. The molecule has 9 heteroatoms. The molecule has 0 aromatic heterocycles. The van der Waals surface area contributed by atoms with Crippen molar-refractivity contribution in [3.05, 3.63) is 58.7 Å². The van der Waals surface area contributed by atoms with E-state index in [0.717, 1.165) is 17.7 Å². The van der Waals surface area contributed by atoms with Crippen LogP contribution in [0.15, 0.2) is 63.9 Å². The molecule has 2 N–H and O–H groups in total. The van der Waals surface area contributed by atoms with Gasteiger partial charge in [-0.2, -0.15) is 0 Å². The first-order valence-electron chi connectivity index (χ1n) is 16.8. The Morgan fingerprint density at radius 2 is 1.96 bits per heavy atom. The van der Waals surface area contributed by atoms with Crippen LogP contribution in [0.1, 0.15) is 80.6 Å². The van der Waals surface area contributed by atoms with Crippen molar-refractivity contribution in [1.82, 2.24) is 0 Å². The number of hydrogen-bond donors (Lipinski definition) is 2. The number of carbonyl (C=O) groups excluding carboxylic acids is 1. The van der Waals surface area contributed by atoms with Crippen LogP contribution < -0.4 is 0 Å². The van der Waals surface area contributed by atoms with Crippen LogP contribution in [0.4, 0.5) is 0 Å². The van der Waals surface area contributed by atoms with E-state index in [9.17, 15) is 15.0 Å². The van der Waals surface area contributed by atoms with Crippen molar-refractivity contribution in [3.63, 3.8) is 0 Å². The third-order valence-electron chi connectivity index (χ3n) is 10.1. The molecule has 5 rings (SSSR count). The van der Waals surface area contributed by atoms with Crippen LogP contribution >= 0.6 is 0 Å². The summed E-state index contributed by atoms with van der Waals surface area (Å²) < 4.78 is 26.0. The molecular formula is C37H53NO8. The van der Waals surface area contributed by atoms with Crippen LogP contribution in [0.3, 0.4) is 0 Å². The van der Waals surface area contributed by atoms with Crippen molar-refractivity contribution >= 4 is 11.7 Å². The van der Waals surface area contributed by atoms with Crippen LogP contribution in [0, 0.1) is 23.7 Å². The molecule has 254 valence electrons. The molecule has 0 amide bonds. The quantitative estimate of drug-likeness (QED) is 0.229. The first-order valence-corrected chi connectivity index (χ1v) is 16.8. The van der Waals surface area contributed by atoms with E-state index in [1.54, 1.807) is 20.1 Å². The number of aliphatic hydroxyl groups excluding tert-OH is 1. The van der Waals surface area contributed by atoms with Gasteiger partial charge in [-0.25, -0.2) is 0 Å². The molecule has 0 saturated carbocycles. The number of esters is 1. The smallest absolute Gasteiger partial charge is 0.316 e.